The number of halogens is 4. The van der Waals surface area contributed by atoms with E-state index >= 15 is 0 Å². The first-order valence-electron chi connectivity index (χ1n) is 9.86. The van der Waals surface area contributed by atoms with Gasteiger partial charge in [0.1, 0.15) is 5.82 Å². The Morgan fingerprint density at radius 3 is 2.34 bits per heavy atom. The zero-order chi connectivity index (χ0) is 23.4. The molecule has 0 saturated carbocycles. The second kappa shape index (κ2) is 9.97. The molecule has 1 amide bonds. The topological polar surface area (TPSA) is 75.7 Å². The summed E-state index contributed by atoms with van der Waals surface area (Å²) in [6, 6.07) is 8.42. The molecule has 1 saturated heterocycles. The Hall–Kier alpha value is -2.50. The number of morpholine rings is 1. The summed E-state index contributed by atoms with van der Waals surface area (Å²) in [5, 5.41) is 2.40. The van der Waals surface area contributed by atoms with E-state index in [1.54, 1.807) is 12.1 Å². The van der Waals surface area contributed by atoms with Crippen molar-refractivity contribution in [2.75, 3.05) is 26.3 Å². The molecule has 11 heteroatoms. The van der Waals surface area contributed by atoms with E-state index in [0.717, 1.165) is 12.1 Å². The van der Waals surface area contributed by atoms with Crippen LogP contribution in [0, 0.1) is 5.82 Å². The van der Waals surface area contributed by atoms with Gasteiger partial charge in [0.2, 0.25) is 15.9 Å². The van der Waals surface area contributed by atoms with Crippen molar-refractivity contribution in [3.8, 4) is 0 Å². The number of benzene rings is 2. The van der Waals surface area contributed by atoms with Crippen LogP contribution in [0.25, 0.3) is 0 Å². The Bertz CT molecular complexity index is 1050. The number of amides is 1. The first kappa shape index (κ1) is 24.1. The molecule has 0 radical (unpaired) electrons. The monoisotopic (exact) mass is 474 g/mol. The maximum atomic E-state index is 13.2. The van der Waals surface area contributed by atoms with E-state index in [-0.39, 0.29) is 42.9 Å². The maximum absolute atomic E-state index is 13.2. The molecule has 0 unspecified atom stereocenters. The molecule has 1 aliphatic rings. The zero-order valence-corrected chi connectivity index (χ0v) is 17.8. The van der Waals surface area contributed by atoms with Crippen molar-refractivity contribution in [3.05, 3.63) is 65.0 Å². The van der Waals surface area contributed by atoms with E-state index in [9.17, 15) is 30.8 Å². The summed E-state index contributed by atoms with van der Waals surface area (Å²) in [7, 11) is -3.61. The number of hydrogen-bond donors (Lipinski definition) is 1. The van der Waals surface area contributed by atoms with E-state index in [1.807, 2.05) is 0 Å². The fourth-order valence-electron chi connectivity index (χ4n) is 3.27. The van der Waals surface area contributed by atoms with Crippen LogP contribution >= 0.6 is 0 Å². The number of alkyl halides is 3. The number of rotatable bonds is 7. The van der Waals surface area contributed by atoms with Gasteiger partial charge in [0.25, 0.3) is 0 Å². The number of aryl methyl sites for hydroxylation is 1. The molecular weight excluding hydrogens is 452 g/mol. The average Bonchev–Trinajstić information content (AvgIpc) is 2.77. The molecule has 0 atom stereocenters. The maximum Gasteiger partial charge on any atom is 0.416 e. The van der Waals surface area contributed by atoms with E-state index < -0.39 is 33.5 Å². The molecule has 2 aromatic carbocycles. The largest absolute Gasteiger partial charge is 0.416 e. The number of sulfonamides is 1. The minimum atomic E-state index is -4.73. The van der Waals surface area contributed by atoms with Crippen LogP contribution in [0.5, 0.6) is 0 Å². The normalized spacial score (nSPS) is 15.5. The highest BCUT2D eigenvalue weighted by molar-refractivity contribution is 7.89. The second-order valence-electron chi connectivity index (χ2n) is 7.24. The van der Waals surface area contributed by atoms with Gasteiger partial charge in [-0.1, -0.05) is 18.2 Å². The van der Waals surface area contributed by atoms with E-state index in [1.165, 1.54) is 16.4 Å². The van der Waals surface area contributed by atoms with Gasteiger partial charge >= 0.3 is 6.18 Å². The van der Waals surface area contributed by atoms with Crippen molar-refractivity contribution in [2.45, 2.75) is 30.5 Å². The number of hydrogen-bond acceptors (Lipinski definition) is 4. The molecule has 2 aromatic rings. The number of nitrogens with zero attached hydrogens (tertiary/aromatic N) is 1. The van der Waals surface area contributed by atoms with E-state index in [2.05, 4.69) is 5.32 Å². The molecule has 1 fully saturated rings. The molecule has 3 rings (SSSR count). The minimum absolute atomic E-state index is 0.00188. The van der Waals surface area contributed by atoms with Crippen molar-refractivity contribution in [1.29, 1.82) is 0 Å². The Morgan fingerprint density at radius 2 is 1.72 bits per heavy atom. The Labute approximate surface area is 183 Å². The van der Waals surface area contributed by atoms with Gasteiger partial charge in [0.05, 0.1) is 23.7 Å². The van der Waals surface area contributed by atoms with Crippen molar-refractivity contribution in [2.24, 2.45) is 0 Å². The van der Waals surface area contributed by atoms with Gasteiger partial charge in [-0.2, -0.15) is 17.5 Å². The Morgan fingerprint density at radius 1 is 1.06 bits per heavy atom. The zero-order valence-electron chi connectivity index (χ0n) is 17.0. The van der Waals surface area contributed by atoms with Crippen molar-refractivity contribution in [1.82, 2.24) is 9.62 Å². The third kappa shape index (κ3) is 6.05. The summed E-state index contributed by atoms with van der Waals surface area (Å²) in [5.74, 6) is -1.49. The Kier molecular flexibility index (Phi) is 7.52. The van der Waals surface area contributed by atoms with Gasteiger partial charge in [0.15, 0.2) is 0 Å². The van der Waals surface area contributed by atoms with Gasteiger partial charge in [-0.15, -0.1) is 0 Å². The lowest BCUT2D eigenvalue weighted by atomic mass is 10.1. The molecule has 0 spiro atoms. The summed E-state index contributed by atoms with van der Waals surface area (Å²) in [5.41, 5.74) is -0.654. The quantitative estimate of drug-likeness (QED) is 0.626. The van der Waals surface area contributed by atoms with Crippen molar-refractivity contribution >= 4 is 15.9 Å². The highest BCUT2D eigenvalue weighted by Crippen LogP contribution is 2.32. The third-order valence-corrected chi connectivity index (χ3v) is 6.94. The van der Waals surface area contributed by atoms with Gasteiger partial charge in [0, 0.05) is 26.1 Å². The Balaban J connectivity index is 1.55. The first-order valence-corrected chi connectivity index (χ1v) is 11.3. The summed E-state index contributed by atoms with van der Waals surface area (Å²) in [6.07, 6.45) is -4.46. The standard InChI is InChI=1S/C21H22F4N2O4S/c22-17-5-4-16(19(13-17)21(23,24)25)14-26-20(28)8-3-15-1-6-18(7-2-15)32(29,30)27-9-11-31-12-10-27/h1-2,4-7,13H,3,8-12,14H2,(H,26,28). The van der Waals surface area contributed by atoms with Gasteiger partial charge in [-0.3, -0.25) is 4.79 Å². The molecular formula is C21H22F4N2O4S. The van der Waals surface area contributed by atoms with Crippen LogP contribution in [0.1, 0.15) is 23.1 Å². The van der Waals surface area contributed by atoms with Crippen LogP contribution in [0.4, 0.5) is 17.6 Å². The van der Waals surface area contributed by atoms with E-state index in [4.69, 9.17) is 4.74 Å². The summed E-state index contributed by atoms with van der Waals surface area (Å²) in [4.78, 5) is 12.2. The number of ether oxygens (including phenoxy) is 1. The lowest BCUT2D eigenvalue weighted by Gasteiger charge is -2.26. The molecule has 0 bridgehead atoms. The van der Waals surface area contributed by atoms with Crippen LogP contribution < -0.4 is 5.32 Å². The summed E-state index contributed by atoms with van der Waals surface area (Å²) >= 11 is 0. The fourth-order valence-corrected chi connectivity index (χ4v) is 4.68. The average molecular weight is 474 g/mol. The predicted octanol–water partition coefficient (Wildman–Crippen LogP) is 3.11. The molecule has 6 nitrogen and oxygen atoms in total. The molecule has 1 heterocycles. The van der Waals surface area contributed by atoms with Crippen LogP contribution in [0.3, 0.4) is 0 Å². The molecule has 0 aromatic heterocycles. The highest BCUT2D eigenvalue weighted by atomic mass is 32.2. The molecule has 1 aliphatic heterocycles. The van der Waals surface area contributed by atoms with Gasteiger partial charge < -0.3 is 10.1 Å². The SMILES string of the molecule is O=C(CCc1ccc(S(=O)(=O)N2CCOCC2)cc1)NCc1ccc(F)cc1C(F)(F)F. The van der Waals surface area contributed by atoms with Crippen LogP contribution in [0.15, 0.2) is 47.4 Å². The van der Waals surface area contributed by atoms with Crippen molar-refractivity contribution in [3.63, 3.8) is 0 Å². The third-order valence-electron chi connectivity index (χ3n) is 5.03. The van der Waals surface area contributed by atoms with Gasteiger partial charge in [-0.05, 0) is 41.8 Å². The smallest absolute Gasteiger partial charge is 0.379 e. The van der Waals surface area contributed by atoms with Crippen LogP contribution in [-0.2, 0) is 38.7 Å². The molecule has 174 valence electrons. The van der Waals surface area contributed by atoms with Crippen LogP contribution in [-0.4, -0.2) is 44.9 Å². The fraction of sp³-hybridized carbons (Fsp3) is 0.381. The van der Waals surface area contributed by atoms with E-state index in [0.29, 0.717) is 24.8 Å². The first-order chi connectivity index (χ1) is 15.1. The molecule has 0 aliphatic carbocycles. The number of nitrogens with one attached hydrogen (secondary N) is 1. The molecule has 32 heavy (non-hydrogen) atoms. The minimum Gasteiger partial charge on any atom is -0.379 e. The summed E-state index contributed by atoms with van der Waals surface area (Å²) < 4.78 is 84.0. The highest BCUT2D eigenvalue weighted by Gasteiger charge is 2.33. The lowest BCUT2D eigenvalue weighted by molar-refractivity contribution is -0.138. The number of carbonyl (C=O) groups is 1. The van der Waals surface area contributed by atoms with Gasteiger partial charge in [-0.25, -0.2) is 12.8 Å². The van der Waals surface area contributed by atoms with Crippen molar-refractivity contribution < 1.29 is 35.5 Å². The number of carbonyl (C=O) groups excluding carboxylic acids is 1. The second-order valence-corrected chi connectivity index (χ2v) is 9.17. The molecule has 1 N–H and O–H groups in total. The summed E-state index contributed by atoms with van der Waals surface area (Å²) in [6.45, 7) is 0.872. The predicted molar refractivity (Wildman–Crippen MR) is 108 cm³/mol. The van der Waals surface area contributed by atoms with Crippen LogP contribution in [0.2, 0.25) is 0 Å². The lowest BCUT2D eigenvalue weighted by Crippen LogP contribution is -2.40.